The summed E-state index contributed by atoms with van der Waals surface area (Å²) >= 11 is 0. The maximum absolute atomic E-state index is 12.8. The van der Waals surface area contributed by atoms with Gasteiger partial charge in [0, 0.05) is 32.0 Å². The van der Waals surface area contributed by atoms with E-state index in [-0.39, 0.29) is 10.9 Å². The fourth-order valence-corrected chi connectivity index (χ4v) is 4.15. The number of hydrogen-bond donors (Lipinski definition) is 1. The molecule has 21 heavy (non-hydrogen) atoms. The number of nitrogens with zero attached hydrogens (tertiary/aromatic N) is 2. The maximum Gasteiger partial charge on any atom is 0.245 e. The first-order valence-electron chi connectivity index (χ1n) is 6.87. The zero-order valence-corrected chi connectivity index (χ0v) is 12.3. The van der Waals surface area contributed by atoms with E-state index in [9.17, 15) is 8.42 Å². The second-order valence-corrected chi connectivity index (χ2v) is 6.83. The van der Waals surface area contributed by atoms with Crippen molar-refractivity contribution in [3.05, 3.63) is 60.4 Å². The summed E-state index contributed by atoms with van der Waals surface area (Å²) in [5.74, 6) is 0. The van der Waals surface area contributed by atoms with E-state index >= 15 is 0 Å². The molecule has 0 spiro atoms. The number of benzene rings is 1. The van der Waals surface area contributed by atoms with Crippen molar-refractivity contribution in [2.75, 3.05) is 19.6 Å². The third-order valence-corrected chi connectivity index (χ3v) is 5.51. The van der Waals surface area contributed by atoms with Crippen LogP contribution in [0, 0.1) is 0 Å². The van der Waals surface area contributed by atoms with Crippen molar-refractivity contribution in [2.45, 2.75) is 10.9 Å². The Labute approximate surface area is 124 Å². The van der Waals surface area contributed by atoms with Gasteiger partial charge in [-0.15, -0.1) is 0 Å². The average Bonchev–Trinajstić information content (AvgIpc) is 2.56. The van der Waals surface area contributed by atoms with Crippen molar-refractivity contribution in [3.63, 3.8) is 0 Å². The third kappa shape index (κ3) is 2.83. The predicted molar refractivity (Wildman–Crippen MR) is 80.2 cm³/mol. The van der Waals surface area contributed by atoms with Gasteiger partial charge in [-0.1, -0.05) is 30.3 Å². The minimum absolute atomic E-state index is 0.190. The molecule has 1 aliphatic heterocycles. The molecule has 0 aliphatic carbocycles. The Morgan fingerprint density at radius 1 is 1.14 bits per heavy atom. The maximum atomic E-state index is 12.8. The molecule has 5 nitrogen and oxygen atoms in total. The summed E-state index contributed by atoms with van der Waals surface area (Å²) in [5.41, 5.74) is 0.997. The Balaban J connectivity index is 1.99. The summed E-state index contributed by atoms with van der Waals surface area (Å²) < 4.78 is 27.2. The van der Waals surface area contributed by atoms with Gasteiger partial charge in [-0.2, -0.15) is 4.31 Å². The van der Waals surface area contributed by atoms with Crippen molar-refractivity contribution in [1.82, 2.24) is 14.6 Å². The first-order chi connectivity index (χ1) is 10.2. The van der Waals surface area contributed by atoms with Crippen LogP contribution in [0.1, 0.15) is 11.6 Å². The van der Waals surface area contributed by atoms with Gasteiger partial charge in [0.25, 0.3) is 0 Å². The van der Waals surface area contributed by atoms with Crippen LogP contribution in [0.3, 0.4) is 0 Å². The molecule has 0 radical (unpaired) electrons. The van der Waals surface area contributed by atoms with Crippen LogP contribution in [-0.2, 0) is 10.0 Å². The van der Waals surface area contributed by atoms with E-state index in [4.69, 9.17) is 0 Å². The molecule has 0 amide bonds. The quantitative estimate of drug-likeness (QED) is 0.931. The topological polar surface area (TPSA) is 62.3 Å². The highest BCUT2D eigenvalue weighted by molar-refractivity contribution is 7.89. The molecule has 1 aliphatic rings. The number of pyridine rings is 1. The van der Waals surface area contributed by atoms with Gasteiger partial charge in [-0.25, -0.2) is 8.42 Å². The van der Waals surface area contributed by atoms with Crippen LogP contribution in [0.2, 0.25) is 0 Å². The van der Waals surface area contributed by atoms with Crippen LogP contribution in [-0.4, -0.2) is 37.3 Å². The lowest BCUT2D eigenvalue weighted by molar-refractivity contribution is 0.271. The highest BCUT2D eigenvalue weighted by atomic mass is 32.2. The van der Waals surface area contributed by atoms with Gasteiger partial charge in [-0.05, 0) is 17.7 Å². The summed E-state index contributed by atoms with van der Waals surface area (Å²) in [5, 5.41) is 3.27. The van der Waals surface area contributed by atoms with E-state index in [1.54, 1.807) is 22.6 Å². The lowest BCUT2D eigenvalue weighted by Crippen LogP contribution is -2.48. The van der Waals surface area contributed by atoms with E-state index in [0.717, 1.165) is 5.56 Å². The van der Waals surface area contributed by atoms with Crippen LogP contribution in [0.25, 0.3) is 0 Å². The molecule has 0 bridgehead atoms. The van der Waals surface area contributed by atoms with E-state index in [0.29, 0.717) is 19.6 Å². The molecule has 2 aromatic rings. The zero-order valence-electron chi connectivity index (χ0n) is 11.5. The molecule has 1 atom stereocenters. The van der Waals surface area contributed by atoms with E-state index in [1.807, 2.05) is 30.3 Å². The van der Waals surface area contributed by atoms with Crippen LogP contribution >= 0.6 is 0 Å². The number of nitrogens with one attached hydrogen (secondary N) is 1. The first-order valence-corrected chi connectivity index (χ1v) is 8.31. The highest BCUT2D eigenvalue weighted by Gasteiger charge is 2.34. The van der Waals surface area contributed by atoms with Gasteiger partial charge in [-0.3, -0.25) is 4.98 Å². The fraction of sp³-hybridized carbons (Fsp3) is 0.267. The van der Waals surface area contributed by atoms with Crippen LogP contribution in [0.4, 0.5) is 0 Å². The summed E-state index contributed by atoms with van der Waals surface area (Å²) in [7, 11) is -3.53. The SMILES string of the molecule is O=S(=O)(c1cccnc1)N1CCNC[C@@H]1c1ccccc1. The molecule has 6 heteroatoms. The van der Waals surface area contributed by atoms with Gasteiger partial charge in [0.05, 0.1) is 6.04 Å². The van der Waals surface area contributed by atoms with Crippen molar-refractivity contribution < 1.29 is 8.42 Å². The third-order valence-electron chi connectivity index (χ3n) is 3.62. The summed E-state index contributed by atoms with van der Waals surface area (Å²) in [6, 6.07) is 12.8. The normalized spacial score (nSPS) is 20.3. The number of rotatable bonds is 3. The molecule has 1 aromatic carbocycles. The van der Waals surface area contributed by atoms with Crippen molar-refractivity contribution in [2.24, 2.45) is 0 Å². The molecule has 0 saturated carbocycles. The summed E-state index contributed by atoms with van der Waals surface area (Å²) in [4.78, 5) is 4.17. The van der Waals surface area contributed by atoms with Gasteiger partial charge in [0.2, 0.25) is 10.0 Å². The van der Waals surface area contributed by atoms with E-state index in [2.05, 4.69) is 10.3 Å². The van der Waals surface area contributed by atoms with Gasteiger partial charge in [0.15, 0.2) is 0 Å². The van der Waals surface area contributed by atoms with E-state index < -0.39 is 10.0 Å². The molecule has 2 heterocycles. The van der Waals surface area contributed by atoms with Crippen LogP contribution in [0.5, 0.6) is 0 Å². The molecular weight excluding hydrogens is 286 g/mol. The Morgan fingerprint density at radius 2 is 1.95 bits per heavy atom. The van der Waals surface area contributed by atoms with E-state index in [1.165, 1.54) is 6.20 Å². The fourth-order valence-electron chi connectivity index (χ4n) is 2.57. The van der Waals surface area contributed by atoms with Gasteiger partial charge < -0.3 is 5.32 Å². The standard InChI is InChI=1S/C15H17N3O2S/c19-21(20,14-7-4-8-16-11-14)18-10-9-17-12-15(18)13-5-2-1-3-6-13/h1-8,11,15,17H,9-10,12H2/t15-/m1/s1. The summed E-state index contributed by atoms with van der Waals surface area (Å²) in [6.45, 7) is 1.73. The van der Waals surface area contributed by atoms with Crippen LogP contribution < -0.4 is 5.32 Å². The molecule has 0 unspecified atom stereocenters. The lowest BCUT2D eigenvalue weighted by Gasteiger charge is -2.35. The Kier molecular flexibility index (Phi) is 4.01. The largest absolute Gasteiger partial charge is 0.313 e. The van der Waals surface area contributed by atoms with Gasteiger partial charge in [0.1, 0.15) is 4.90 Å². The Morgan fingerprint density at radius 3 is 2.67 bits per heavy atom. The van der Waals surface area contributed by atoms with Crippen molar-refractivity contribution >= 4 is 10.0 Å². The molecule has 1 aromatic heterocycles. The van der Waals surface area contributed by atoms with Crippen LogP contribution in [0.15, 0.2) is 59.8 Å². The van der Waals surface area contributed by atoms with Gasteiger partial charge >= 0.3 is 0 Å². The monoisotopic (exact) mass is 303 g/mol. The molecule has 1 fully saturated rings. The Hall–Kier alpha value is -1.76. The Bertz CT molecular complexity index is 689. The first kappa shape index (κ1) is 14.2. The summed E-state index contributed by atoms with van der Waals surface area (Å²) in [6.07, 6.45) is 2.98. The number of piperazine rings is 1. The smallest absolute Gasteiger partial charge is 0.245 e. The number of aromatic nitrogens is 1. The lowest BCUT2D eigenvalue weighted by atomic mass is 10.1. The number of sulfonamides is 1. The molecule has 3 rings (SSSR count). The molecule has 1 saturated heterocycles. The van der Waals surface area contributed by atoms with Crippen molar-refractivity contribution in [1.29, 1.82) is 0 Å². The molecule has 1 N–H and O–H groups in total. The van der Waals surface area contributed by atoms with Crippen molar-refractivity contribution in [3.8, 4) is 0 Å². The second kappa shape index (κ2) is 5.93. The average molecular weight is 303 g/mol. The second-order valence-electron chi connectivity index (χ2n) is 4.94. The highest BCUT2D eigenvalue weighted by Crippen LogP contribution is 2.28. The number of hydrogen-bond acceptors (Lipinski definition) is 4. The minimum Gasteiger partial charge on any atom is -0.313 e. The minimum atomic E-state index is -3.53. The zero-order chi connectivity index (χ0) is 14.7. The predicted octanol–water partition coefficient (Wildman–Crippen LogP) is 1.42. The molecule has 110 valence electrons. The molecular formula is C15H17N3O2S.